The van der Waals surface area contributed by atoms with Gasteiger partial charge in [0.05, 0.1) is 12.0 Å². The van der Waals surface area contributed by atoms with Gasteiger partial charge >= 0.3 is 0 Å². The van der Waals surface area contributed by atoms with Crippen molar-refractivity contribution in [2.24, 2.45) is 5.92 Å². The van der Waals surface area contributed by atoms with Gasteiger partial charge in [-0.3, -0.25) is 4.79 Å². The number of halogens is 2. The average Bonchev–Trinajstić information content (AvgIpc) is 2.80. The zero-order chi connectivity index (χ0) is 23.1. The Balaban J connectivity index is 1.41. The van der Waals surface area contributed by atoms with Crippen molar-refractivity contribution >= 4 is 39.3 Å². The van der Waals surface area contributed by atoms with E-state index >= 15 is 0 Å². The number of carbonyl (C=O) groups is 1. The van der Waals surface area contributed by atoms with Crippen LogP contribution in [0.2, 0.25) is 5.02 Å². The van der Waals surface area contributed by atoms with E-state index in [-0.39, 0.29) is 22.5 Å². The Kier molecular flexibility index (Phi) is 8.81. The number of carbonyl (C=O) groups excluding carboxylic acids is 1. The minimum atomic E-state index is -3.59. The summed E-state index contributed by atoms with van der Waals surface area (Å²) in [4.78, 5) is 12.7. The molecule has 1 aliphatic heterocycles. The van der Waals surface area contributed by atoms with Gasteiger partial charge in [-0.1, -0.05) is 17.7 Å². The highest BCUT2D eigenvalue weighted by atomic mass is 35.5. The number of hydrogen-bond donors (Lipinski definition) is 1. The van der Waals surface area contributed by atoms with Crippen molar-refractivity contribution in [1.29, 1.82) is 0 Å². The maximum absolute atomic E-state index is 13.8. The molecule has 1 amide bonds. The van der Waals surface area contributed by atoms with E-state index in [0.29, 0.717) is 60.3 Å². The summed E-state index contributed by atoms with van der Waals surface area (Å²) in [6.07, 6.45) is 0.943. The molecule has 0 atom stereocenters. The van der Waals surface area contributed by atoms with Gasteiger partial charge in [0, 0.05) is 47.6 Å². The molecule has 1 heterocycles. The quantitative estimate of drug-likeness (QED) is 0.528. The minimum Gasteiger partial charge on any atom is -0.497 e. The van der Waals surface area contributed by atoms with Crippen molar-refractivity contribution in [3.63, 3.8) is 0 Å². The monoisotopic (exact) mass is 500 g/mol. The molecule has 6 nitrogen and oxygen atoms in total. The van der Waals surface area contributed by atoms with E-state index in [1.165, 1.54) is 41.4 Å². The first-order chi connectivity index (χ1) is 15.3. The van der Waals surface area contributed by atoms with Crippen LogP contribution in [0.15, 0.2) is 47.4 Å². The third kappa shape index (κ3) is 6.15. The molecule has 174 valence electrons. The maximum Gasteiger partial charge on any atom is 0.243 e. The molecule has 0 radical (unpaired) electrons. The number of ether oxygens (including phenoxy) is 1. The lowest BCUT2D eigenvalue weighted by molar-refractivity contribution is -0.125. The number of amides is 1. The third-order valence-electron chi connectivity index (χ3n) is 5.38. The summed E-state index contributed by atoms with van der Waals surface area (Å²) in [5, 5.41) is 3.30. The highest BCUT2D eigenvalue weighted by molar-refractivity contribution is 7.98. The van der Waals surface area contributed by atoms with Crippen molar-refractivity contribution in [2.75, 3.05) is 32.5 Å². The van der Waals surface area contributed by atoms with E-state index in [1.54, 1.807) is 24.3 Å². The van der Waals surface area contributed by atoms with Crippen LogP contribution in [-0.4, -0.2) is 51.1 Å². The standard InChI is InChI=1S/C22H26ClFN2O4S2/c1-30-17-5-7-18(8-6-17)32(28,29)26-12-9-16(10-13-26)22(27)25-11-14-31-15-19-20(23)3-2-4-21(19)24/h2-8,16H,9-15H2,1H3,(H,25,27). The van der Waals surface area contributed by atoms with Crippen LogP contribution >= 0.6 is 23.4 Å². The topological polar surface area (TPSA) is 75.7 Å². The van der Waals surface area contributed by atoms with Gasteiger partial charge in [-0.25, -0.2) is 12.8 Å². The predicted octanol–water partition coefficient (Wildman–Crippen LogP) is 3.94. The summed E-state index contributed by atoms with van der Waals surface area (Å²) >= 11 is 7.51. The summed E-state index contributed by atoms with van der Waals surface area (Å²) in [5.41, 5.74) is 0.468. The van der Waals surface area contributed by atoms with Crippen molar-refractivity contribution in [1.82, 2.24) is 9.62 Å². The number of hydrogen-bond acceptors (Lipinski definition) is 5. The Morgan fingerprint density at radius 2 is 1.91 bits per heavy atom. The third-order valence-corrected chi connectivity index (χ3v) is 8.63. The van der Waals surface area contributed by atoms with E-state index in [1.807, 2.05) is 0 Å². The molecule has 1 N–H and O–H groups in total. The van der Waals surface area contributed by atoms with Crippen LogP contribution in [0.5, 0.6) is 5.75 Å². The maximum atomic E-state index is 13.8. The fourth-order valence-electron chi connectivity index (χ4n) is 3.49. The van der Waals surface area contributed by atoms with Crippen LogP contribution in [0.25, 0.3) is 0 Å². The summed E-state index contributed by atoms with van der Waals surface area (Å²) in [7, 11) is -2.07. The van der Waals surface area contributed by atoms with Crippen molar-refractivity contribution in [3.05, 3.63) is 58.9 Å². The van der Waals surface area contributed by atoms with Crippen LogP contribution < -0.4 is 10.1 Å². The number of nitrogens with one attached hydrogen (secondary N) is 1. The Morgan fingerprint density at radius 1 is 1.22 bits per heavy atom. The highest BCUT2D eigenvalue weighted by Crippen LogP contribution is 2.26. The summed E-state index contributed by atoms with van der Waals surface area (Å²) in [5.74, 6) is 1.03. The average molecular weight is 501 g/mol. The first-order valence-corrected chi connectivity index (χ1v) is 13.2. The van der Waals surface area contributed by atoms with Crippen LogP contribution in [0.3, 0.4) is 0 Å². The first kappa shape index (κ1) is 24.8. The molecular weight excluding hydrogens is 475 g/mol. The summed E-state index contributed by atoms with van der Waals surface area (Å²) in [6, 6.07) is 10.9. The molecule has 0 unspecified atom stereocenters. The molecular formula is C22H26ClFN2O4S2. The number of benzene rings is 2. The lowest BCUT2D eigenvalue weighted by Gasteiger charge is -2.30. The Labute approximate surface area is 197 Å². The van der Waals surface area contributed by atoms with Crippen LogP contribution in [0, 0.1) is 11.7 Å². The number of methoxy groups -OCH3 is 1. The minimum absolute atomic E-state index is 0.0731. The van der Waals surface area contributed by atoms with E-state index < -0.39 is 10.0 Å². The number of rotatable bonds is 9. The number of nitrogens with zero attached hydrogens (tertiary/aromatic N) is 1. The molecule has 1 saturated heterocycles. The second-order valence-electron chi connectivity index (χ2n) is 7.40. The zero-order valence-corrected chi connectivity index (χ0v) is 20.1. The fourth-order valence-corrected chi connectivity index (χ4v) is 6.16. The van der Waals surface area contributed by atoms with E-state index in [9.17, 15) is 17.6 Å². The van der Waals surface area contributed by atoms with Gasteiger partial charge in [-0.05, 0) is 49.2 Å². The molecule has 2 aromatic carbocycles. The molecule has 32 heavy (non-hydrogen) atoms. The van der Waals surface area contributed by atoms with Crippen LogP contribution in [-0.2, 0) is 20.6 Å². The van der Waals surface area contributed by atoms with Crippen LogP contribution in [0.1, 0.15) is 18.4 Å². The molecule has 1 aliphatic rings. The Hall–Kier alpha value is -1.81. The SMILES string of the molecule is COc1ccc(S(=O)(=O)N2CCC(C(=O)NCCSCc3c(F)cccc3Cl)CC2)cc1. The number of piperidine rings is 1. The van der Waals surface area contributed by atoms with E-state index in [0.717, 1.165) is 0 Å². The smallest absolute Gasteiger partial charge is 0.243 e. The lowest BCUT2D eigenvalue weighted by Crippen LogP contribution is -2.43. The van der Waals surface area contributed by atoms with Gasteiger partial charge < -0.3 is 10.1 Å². The van der Waals surface area contributed by atoms with Crippen LogP contribution in [0.4, 0.5) is 4.39 Å². The molecule has 2 aromatic rings. The van der Waals surface area contributed by atoms with Gasteiger partial charge in [-0.15, -0.1) is 0 Å². The van der Waals surface area contributed by atoms with Crippen molar-refractivity contribution < 1.29 is 22.3 Å². The van der Waals surface area contributed by atoms with E-state index in [2.05, 4.69) is 5.32 Å². The van der Waals surface area contributed by atoms with Crippen molar-refractivity contribution in [2.45, 2.75) is 23.5 Å². The lowest BCUT2D eigenvalue weighted by atomic mass is 9.97. The van der Waals surface area contributed by atoms with Gasteiger partial charge in [0.15, 0.2) is 0 Å². The van der Waals surface area contributed by atoms with Crippen molar-refractivity contribution in [3.8, 4) is 5.75 Å². The molecule has 0 spiro atoms. The molecule has 0 bridgehead atoms. The van der Waals surface area contributed by atoms with Gasteiger partial charge in [0.1, 0.15) is 11.6 Å². The van der Waals surface area contributed by atoms with Gasteiger partial charge in [0.2, 0.25) is 15.9 Å². The largest absolute Gasteiger partial charge is 0.497 e. The molecule has 0 aliphatic carbocycles. The van der Waals surface area contributed by atoms with Gasteiger partial charge in [0.25, 0.3) is 0 Å². The van der Waals surface area contributed by atoms with E-state index in [4.69, 9.17) is 16.3 Å². The second-order valence-corrected chi connectivity index (χ2v) is 10.8. The number of thioether (sulfide) groups is 1. The fraction of sp³-hybridized carbons (Fsp3) is 0.409. The normalized spacial score (nSPS) is 15.5. The predicted molar refractivity (Wildman–Crippen MR) is 125 cm³/mol. The molecule has 10 heteroatoms. The molecule has 0 saturated carbocycles. The molecule has 0 aromatic heterocycles. The second kappa shape index (κ2) is 11.4. The number of sulfonamides is 1. The summed E-state index contributed by atoms with van der Waals surface area (Å²) < 4.78 is 45.9. The molecule has 3 rings (SSSR count). The zero-order valence-electron chi connectivity index (χ0n) is 17.7. The molecule has 1 fully saturated rings. The van der Waals surface area contributed by atoms with Gasteiger partial charge in [-0.2, -0.15) is 16.1 Å². The summed E-state index contributed by atoms with van der Waals surface area (Å²) in [6.45, 7) is 1.06. The Morgan fingerprint density at radius 3 is 2.53 bits per heavy atom. The highest BCUT2D eigenvalue weighted by Gasteiger charge is 2.32. The first-order valence-electron chi connectivity index (χ1n) is 10.3. The Bertz CT molecular complexity index is 1010.